The van der Waals surface area contributed by atoms with E-state index in [1.807, 2.05) is 6.92 Å². The van der Waals surface area contributed by atoms with Gasteiger partial charge in [0.15, 0.2) is 0 Å². The predicted octanol–water partition coefficient (Wildman–Crippen LogP) is -7.60. The largest absolute Gasteiger partial charge is 1.00 e. The summed E-state index contributed by atoms with van der Waals surface area (Å²) < 4.78 is 0. The van der Waals surface area contributed by atoms with Crippen LogP contribution < -0.4 is 69.3 Å². The Morgan fingerprint density at radius 1 is 1.29 bits per heavy atom. The molecule has 14 heavy (non-hydrogen) atoms. The summed E-state index contributed by atoms with van der Waals surface area (Å²) in [5.41, 5.74) is 0. The maximum absolute atomic E-state index is 10.3. The van der Waals surface area contributed by atoms with Crippen LogP contribution in [0, 0.1) is 0 Å². The molecular formula is C7H10Na2O4S. The third kappa shape index (κ3) is 11.4. The number of hydrogen-bond donors (Lipinski definition) is 0. The number of rotatable bonds is 6. The molecule has 0 aromatic carbocycles. The van der Waals surface area contributed by atoms with Crippen molar-refractivity contribution in [2.24, 2.45) is 0 Å². The van der Waals surface area contributed by atoms with Crippen LogP contribution in [-0.2, 0) is 9.59 Å². The van der Waals surface area contributed by atoms with Crippen molar-refractivity contribution in [1.82, 2.24) is 0 Å². The van der Waals surface area contributed by atoms with Crippen molar-refractivity contribution in [1.29, 1.82) is 0 Å². The molecule has 0 amide bonds. The van der Waals surface area contributed by atoms with E-state index in [0.29, 0.717) is 5.75 Å². The van der Waals surface area contributed by atoms with E-state index >= 15 is 0 Å². The summed E-state index contributed by atoms with van der Waals surface area (Å²) in [6.45, 7) is 1.89. The van der Waals surface area contributed by atoms with Crippen LogP contribution >= 0.6 is 11.8 Å². The van der Waals surface area contributed by atoms with E-state index in [2.05, 4.69) is 0 Å². The number of hydrogen-bond acceptors (Lipinski definition) is 5. The first-order chi connectivity index (χ1) is 5.57. The summed E-state index contributed by atoms with van der Waals surface area (Å²) in [4.78, 5) is 20.4. The van der Waals surface area contributed by atoms with E-state index < -0.39 is 23.6 Å². The van der Waals surface area contributed by atoms with Gasteiger partial charge in [-0.25, -0.2) is 0 Å². The van der Waals surface area contributed by atoms with Crippen LogP contribution in [0.15, 0.2) is 0 Å². The monoisotopic (exact) mass is 236 g/mol. The van der Waals surface area contributed by atoms with Crippen LogP contribution in [0.5, 0.6) is 0 Å². The van der Waals surface area contributed by atoms with Gasteiger partial charge in [0.25, 0.3) is 0 Å². The van der Waals surface area contributed by atoms with E-state index in [4.69, 9.17) is 0 Å². The minimum absolute atomic E-state index is 0. The summed E-state index contributed by atoms with van der Waals surface area (Å²) in [6, 6.07) is 0. The molecule has 0 aliphatic rings. The molecule has 4 nitrogen and oxygen atoms in total. The number of carbonyl (C=O) groups is 2. The van der Waals surface area contributed by atoms with Gasteiger partial charge in [-0.1, -0.05) is 6.92 Å². The topological polar surface area (TPSA) is 80.3 Å². The number of thioether (sulfide) groups is 1. The Morgan fingerprint density at radius 3 is 2.07 bits per heavy atom. The van der Waals surface area contributed by atoms with Gasteiger partial charge in [-0.15, -0.1) is 0 Å². The number of carboxylic acids is 2. The van der Waals surface area contributed by atoms with Gasteiger partial charge < -0.3 is 19.8 Å². The van der Waals surface area contributed by atoms with Crippen molar-refractivity contribution >= 4 is 23.7 Å². The molecule has 0 rings (SSSR count). The van der Waals surface area contributed by atoms with Crippen LogP contribution in [0.3, 0.4) is 0 Å². The fourth-order valence-corrected chi connectivity index (χ4v) is 1.53. The molecule has 0 aliphatic heterocycles. The second-order valence-corrected chi connectivity index (χ2v) is 3.57. The van der Waals surface area contributed by atoms with Crippen LogP contribution in [-0.4, -0.2) is 22.9 Å². The van der Waals surface area contributed by atoms with E-state index in [1.165, 1.54) is 0 Å². The third-order valence-electron chi connectivity index (χ3n) is 1.14. The van der Waals surface area contributed by atoms with E-state index in [-0.39, 0.29) is 59.1 Å². The van der Waals surface area contributed by atoms with Gasteiger partial charge in [-0.05, 0) is 12.2 Å². The zero-order valence-corrected chi connectivity index (χ0v) is 13.6. The fourth-order valence-electron chi connectivity index (χ4n) is 0.622. The molecule has 7 heteroatoms. The number of carboxylic acid groups (broad SMARTS) is 2. The summed E-state index contributed by atoms with van der Waals surface area (Å²) in [5.74, 6) is -2.07. The van der Waals surface area contributed by atoms with Gasteiger partial charge in [-0.2, -0.15) is 11.8 Å². The second-order valence-electron chi connectivity index (χ2n) is 2.25. The number of aliphatic carboxylic acids is 2. The van der Waals surface area contributed by atoms with Gasteiger partial charge in [0.05, 0.1) is 5.97 Å². The molecule has 0 saturated heterocycles. The molecule has 0 bridgehead atoms. The van der Waals surface area contributed by atoms with Crippen LogP contribution in [0.25, 0.3) is 0 Å². The van der Waals surface area contributed by atoms with Crippen molar-refractivity contribution in [3.63, 3.8) is 0 Å². The Labute approximate surface area is 132 Å². The van der Waals surface area contributed by atoms with Gasteiger partial charge in [0.2, 0.25) is 0 Å². The van der Waals surface area contributed by atoms with Crippen molar-refractivity contribution < 1.29 is 78.9 Å². The molecular weight excluding hydrogens is 226 g/mol. The maximum Gasteiger partial charge on any atom is 1.00 e. The van der Waals surface area contributed by atoms with Crippen molar-refractivity contribution in [2.75, 3.05) is 5.75 Å². The molecule has 70 valence electrons. The zero-order valence-electron chi connectivity index (χ0n) is 8.74. The molecule has 0 aromatic heterocycles. The average Bonchev–Trinajstić information content (AvgIpc) is 1.96. The van der Waals surface area contributed by atoms with Gasteiger partial charge >= 0.3 is 59.1 Å². The molecule has 0 fully saturated rings. The van der Waals surface area contributed by atoms with Crippen molar-refractivity contribution in [3.05, 3.63) is 0 Å². The second kappa shape index (κ2) is 12.4. The normalized spacial score (nSPS) is 10.6. The minimum Gasteiger partial charge on any atom is -0.550 e. The van der Waals surface area contributed by atoms with Crippen molar-refractivity contribution in [2.45, 2.75) is 25.0 Å². The SMILES string of the molecule is CCCSC(CC(=O)[O-])C(=O)[O-].[Na+].[Na+]. The predicted molar refractivity (Wildman–Crippen MR) is 41.2 cm³/mol. The summed E-state index contributed by atoms with van der Waals surface area (Å²) in [5, 5.41) is 19.4. The Kier molecular flexibility index (Phi) is 18.2. The summed E-state index contributed by atoms with van der Waals surface area (Å²) in [7, 11) is 0. The molecule has 0 N–H and O–H groups in total. The first kappa shape index (κ1) is 20.7. The first-order valence-corrected chi connectivity index (χ1v) is 4.65. The van der Waals surface area contributed by atoms with E-state index in [0.717, 1.165) is 18.2 Å². The minimum atomic E-state index is -1.35. The van der Waals surface area contributed by atoms with E-state index in [9.17, 15) is 19.8 Å². The molecule has 0 spiro atoms. The van der Waals surface area contributed by atoms with Gasteiger partial charge in [0.1, 0.15) is 0 Å². The van der Waals surface area contributed by atoms with E-state index in [1.54, 1.807) is 0 Å². The Morgan fingerprint density at radius 2 is 1.79 bits per heavy atom. The zero-order chi connectivity index (χ0) is 9.56. The average molecular weight is 236 g/mol. The van der Waals surface area contributed by atoms with Crippen LogP contribution in [0.4, 0.5) is 0 Å². The smallest absolute Gasteiger partial charge is 0.550 e. The van der Waals surface area contributed by atoms with Crippen LogP contribution in [0.1, 0.15) is 19.8 Å². The summed E-state index contributed by atoms with van der Waals surface area (Å²) >= 11 is 1.08. The van der Waals surface area contributed by atoms with Gasteiger partial charge in [0, 0.05) is 17.6 Å². The molecule has 1 atom stereocenters. The molecule has 0 heterocycles. The molecule has 0 radical (unpaired) electrons. The quantitative estimate of drug-likeness (QED) is 0.428. The Bertz CT molecular complexity index is 177. The third-order valence-corrected chi connectivity index (χ3v) is 2.54. The number of carbonyl (C=O) groups excluding carboxylic acids is 2. The molecule has 0 saturated carbocycles. The Hall–Kier alpha value is 1.29. The molecule has 0 aliphatic carbocycles. The van der Waals surface area contributed by atoms with Gasteiger partial charge in [-0.3, -0.25) is 0 Å². The fraction of sp³-hybridized carbons (Fsp3) is 0.714. The maximum atomic E-state index is 10.3. The molecule has 0 aromatic rings. The standard InChI is InChI=1S/C7H12O4S.2Na/c1-2-3-12-5(7(10)11)4-6(8)9;;/h5H,2-4H2,1H3,(H,8,9)(H,10,11);;/q;2*+1/p-2. The Balaban J connectivity index is -0.000000605. The first-order valence-electron chi connectivity index (χ1n) is 3.60. The van der Waals surface area contributed by atoms with Crippen LogP contribution in [0.2, 0.25) is 0 Å². The molecule has 1 unspecified atom stereocenters. The summed E-state index contributed by atoms with van der Waals surface area (Å²) in [6.07, 6.45) is 0.328. The van der Waals surface area contributed by atoms with Crippen molar-refractivity contribution in [3.8, 4) is 0 Å².